The van der Waals surface area contributed by atoms with Crippen molar-refractivity contribution >= 4 is 0 Å². The summed E-state index contributed by atoms with van der Waals surface area (Å²) >= 11 is 0. The van der Waals surface area contributed by atoms with Crippen molar-refractivity contribution in [3.8, 4) is 0 Å². The first-order valence-corrected chi connectivity index (χ1v) is 6.59. The summed E-state index contributed by atoms with van der Waals surface area (Å²) in [6.45, 7) is 4.53. The fraction of sp³-hybridized carbons (Fsp3) is 0.429. The SMILES string of the molecule is Cc1nc(C2CN(Cc3cccc(F)c3)CCO2)no1. The van der Waals surface area contributed by atoms with Gasteiger partial charge in [-0.1, -0.05) is 17.3 Å². The van der Waals surface area contributed by atoms with E-state index in [0.717, 1.165) is 12.1 Å². The van der Waals surface area contributed by atoms with Crippen molar-refractivity contribution in [1.82, 2.24) is 15.0 Å². The van der Waals surface area contributed by atoms with Gasteiger partial charge in [-0.15, -0.1) is 0 Å². The van der Waals surface area contributed by atoms with Gasteiger partial charge in [-0.05, 0) is 17.7 Å². The molecule has 20 heavy (non-hydrogen) atoms. The summed E-state index contributed by atoms with van der Waals surface area (Å²) in [5.41, 5.74) is 0.954. The molecule has 0 spiro atoms. The molecule has 1 aliphatic rings. The number of nitrogens with zero attached hydrogens (tertiary/aromatic N) is 3. The van der Waals surface area contributed by atoms with Gasteiger partial charge in [-0.2, -0.15) is 4.98 Å². The van der Waals surface area contributed by atoms with Crippen LogP contribution in [0.5, 0.6) is 0 Å². The van der Waals surface area contributed by atoms with Gasteiger partial charge in [0.2, 0.25) is 11.7 Å². The molecule has 3 rings (SSSR count). The minimum Gasteiger partial charge on any atom is -0.367 e. The molecule has 0 saturated carbocycles. The summed E-state index contributed by atoms with van der Waals surface area (Å²) in [6.07, 6.45) is -0.185. The maximum absolute atomic E-state index is 13.2. The third-order valence-corrected chi connectivity index (χ3v) is 3.28. The summed E-state index contributed by atoms with van der Waals surface area (Å²) in [7, 11) is 0. The van der Waals surface area contributed by atoms with Crippen LogP contribution in [0.25, 0.3) is 0 Å². The highest BCUT2D eigenvalue weighted by Crippen LogP contribution is 2.21. The molecule has 6 heteroatoms. The molecule has 5 nitrogen and oxygen atoms in total. The van der Waals surface area contributed by atoms with E-state index in [-0.39, 0.29) is 11.9 Å². The minimum atomic E-state index is -0.207. The molecule has 106 valence electrons. The van der Waals surface area contributed by atoms with E-state index in [1.807, 2.05) is 6.07 Å². The molecule has 0 radical (unpaired) electrons. The lowest BCUT2D eigenvalue weighted by Crippen LogP contribution is -2.38. The summed E-state index contributed by atoms with van der Waals surface area (Å²) in [6, 6.07) is 6.66. The molecule has 0 aliphatic carbocycles. The van der Waals surface area contributed by atoms with Crippen molar-refractivity contribution in [2.45, 2.75) is 19.6 Å². The number of hydrogen-bond acceptors (Lipinski definition) is 5. The lowest BCUT2D eigenvalue weighted by Gasteiger charge is -2.31. The van der Waals surface area contributed by atoms with Crippen molar-refractivity contribution < 1.29 is 13.7 Å². The second-order valence-electron chi connectivity index (χ2n) is 4.90. The molecule has 1 aliphatic heterocycles. The molecule has 2 heterocycles. The van der Waals surface area contributed by atoms with Crippen LogP contribution < -0.4 is 0 Å². The predicted molar refractivity (Wildman–Crippen MR) is 69.4 cm³/mol. The van der Waals surface area contributed by atoms with Crippen LogP contribution in [-0.4, -0.2) is 34.7 Å². The Labute approximate surface area is 116 Å². The van der Waals surface area contributed by atoms with Gasteiger partial charge in [0.25, 0.3) is 0 Å². The molecule has 0 N–H and O–H groups in total. The van der Waals surface area contributed by atoms with Gasteiger partial charge in [0.1, 0.15) is 11.9 Å². The highest BCUT2D eigenvalue weighted by molar-refractivity contribution is 5.16. The molecule has 0 bridgehead atoms. The van der Waals surface area contributed by atoms with E-state index in [9.17, 15) is 4.39 Å². The Kier molecular flexibility index (Phi) is 3.75. The Hall–Kier alpha value is -1.79. The summed E-state index contributed by atoms with van der Waals surface area (Å²) < 4.78 is 23.8. The van der Waals surface area contributed by atoms with Crippen molar-refractivity contribution in [2.75, 3.05) is 19.7 Å². The lowest BCUT2D eigenvalue weighted by molar-refractivity contribution is -0.0380. The first-order valence-electron chi connectivity index (χ1n) is 6.59. The quantitative estimate of drug-likeness (QED) is 0.860. The number of aryl methyl sites for hydroxylation is 1. The zero-order valence-electron chi connectivity index (χ0n) is 11.3. The van der Waals surface area contributed by atoms with E-state index < -0.39 is 0 Å². The first-order chi connectivity index (χ1) is 9.70. The zero-order valence-corrected chi connectivity index (χ0v) is 11.3. The molecular weight excluding hydrogens is 261 g/mol. The summed E-state index contributed by atoms with van der Waals surface area (Å²) in [4.78, 5) is 6.40. The number of morpholine rings is 1. The second-order valence-corrected chi connectivity index (χ2v) is 4.90. The van der Waals surface area contributed by atoms with Crippen LogP contribution in [-0.2, 0) is 11.3 Å². The highest BCUT2D eigenvalue weighted by atomic mass is 19.1. The number of ether oxygens (including phenoxy) is 1. The van der Waals surface area contributed by atoms with Crippen molar-refractivity contribution in [2.24, 2.45) is 0 Å². The molecule has 2 aromatic rings. The Morgan fingerprint density at radius 2 is 2.35 bits per heavy atom. The predicted octanol–water partition coefficient (Wildman–Crippen LogP) is 2.09. The number of halogens is 1. The number of benzene rings is 1. The van der Waals surface area contributed by atoms with Crippen molar-refractivity contribution in [3.05, 3.63) is 47.4 Å². The monoisotopic (exact) mass is 277 g/mol. The molecular formula is C14H16FN3O2. The van der Waals surface area contributed by atoms with Crippen LogP contribution in [0.3, 0.4) is 0 Å². The molecule has 1 aromatic carbocycles. The van der Waals surface area contributed by atoms with Crippen LogP contribution in [0.1, 0.15) is 23.4 Å². The Balaban J connectivity index is 1.66. The highest BCUT2D eigenvalue weighted by Gasteiger charge is 2.25. The molecule has 1 fully saturated rings. The molecule has 1 saturated heterocycles. The molecule has 1 unspecified atom stereocenters. The van der Waals surface area contributed by atoms with Crippen molar-refractivity contribution in [3.63, 3.8) is 0 Å². The maximum atomic E-state index is 13.2. The number of hydrogen-bond donors (Lipinski definition) is 0. The second kappa shape index (κ2) is 5.68. The zero-order chi connectivity index (χ0) is 13.9. The average Bonchev–Trinajstić information content (AvgIpc) is 2.86. The van der Waals surface area contributed by atoms with E-state index in [2.05, 4.69) is 15.0 Å². The van der Waals surface area contributed by atoms with E-state index in [4.69, 9.17) is 9.26 Å². The van der Waals surface area contributed by atoms with Crippen molar-refractivity contribution in [1.29, 1.82) is 0 Å². The maximum Gasteiger partial charge on any atom is 0.223 e. The van der Waals surface area contributed by atoms with Gasteiger partial charge in [-0.25, -0.2) is 4.39 Å². The lowest BCUT2D eigenvalue weighted by atomic mass is 10.2. The van der Waals surface area contributed by atoms with E-state index in [0.29, 0.717) is 31.4 Å². The van der Waals surface area contributed by atoms with Crippen LogP contribution >= 0.6 is 0 Å². The standard InChI is InChI=1S/C14H16FN3O2/c1-10-16-14(17-20-10)13-9-18(5-6-19-13)8-11-3-2-4-12(15)7-11/h2-4,7,13H,5-6,8-9H2,1H3. The third-order valence-electron chi connectivity index (χ3n) is 3.28. The molecule has 0 amide bonds. The van der Waals surface area contributed by atoms with Gasteiger partial charge < -0.3 is 9.26 Å². The first kappa shape index (κ1) is 13.2. The van der Waals surface area contributed by atoms with Gasteiger partial charge in [0.05, 0.1) is 6.61 Å². The van der Waals surface area contributed by atoms with Crippen LogP contribution in [0.15, 0.2) is 28.8 Å². The number of aromatic nitrogens is 2. The number of rotatable bonds is 3. The van der Waals surface area contributed by atoms with Gasteiger partial charge in [0.15, 0.2) is 0 Å². The summed E-state index contributed by atoms with van der Waals surface area (Å²) in [5.74, 6) is 0.901. The van der Waals surface area contributed by atoms with Gasteiger partial charge >= 0.3 is 0 Å². The molecule has 1 atom stereocenters. The van der Waals surface area contributed by atoms with Gasteiger partial charge in [0, 0.05) is 26.6 Å². The minimum absolute atomic E-state index is 0.185. The fourth-order valence-corrected chi connectivity index (χ4v) is 2.34. The van der Waals surface area contributed by atoms with Gasteiger partial charge in [-0.3, -0.25) is 4.90 Å². The smallest absolute Gasteiger partial charge is 0.223 e. The van der Waals surface area contributed by atoms with Crippen LogP contribution in [0, 0.1) is 12.7 Å². The third kappa shape index (κ3) is 3.02. The Morgan fingerprint density at radius 3 is 3.10 bits per heavy atom. The normalized spacial score (nSPS) is 20.2. The van der Waals surface area contributed by atoms with Crippen LogP contribution in [0.4, 0.5) is 4.39 Å². The topological polar surface area (TPSA) is 51.4 Å². The van der Waals surface area contributed by atoms with E-state index in [1.54, 1.807) is 19.1 Å². The van der Waals surface area contributed by atoms with E-state index >= 15 is 0 Å². The average molecular weight is 277 g/mol. The Morgan fingerprint density at radius 1 is 1.45 bits per heavy atom. The van der Waals surface area contributed by atoms with E-state index in [1.165, 1.54) is 6.07 Å². The molecule has 1 aromatic heterocycles. The summed E-state index contributed by atoms with van der Waals surface area (Å²) in [5, 5.41) is 3.90. The fourth-order valence-electron chi connectivity index (χ4n) is 2.34. The van der Waals surface area contributed by atoms with Crippen LogP contribution in [0.2, 0.25) is 0 Å². The Bertz CT molecular complexity index is 587. The largest absolute Gasteiger partial charge is 0.367 e.